The molecule has 2 aliphatic rings. The Bertz CT molecular complexity index is 406. The van der Waals surface area contributed by atoms with Gasteiger partial charge in [-0.1, -0.05) is 0 Å². The minimum atomic E-state index is 0.142. The molecule has 0 bridgehead atoms. The molecule has 0 saturated carbocycles. The first-order valence-electron chi connectivity index (χ1n) is 7.14. The fourth-order valence-corrected chi connectivity index (χ4v) is 4.63. The van der Waals surface area contributed by atoms with Crippen molar-refractivity contribution >= 4 is 11.8 Å². The number of ether oxygens (including phenoxy) is 1. The van der Waals surface area contributed by atoms with Crippen LogP contribution in [0.5, 0.6) is 0 Å². The lowest BCUT2D eigenvalue weighted by molar-refractivity contribution is -0.0831. The average Bonchev–Trinajstić information content (AvgIpc) is 2.88. The molecule has 0 radical (unpaired) electrons. The van der Waals surface area contributed by atoms with Crippen molar-refractivity contribution in [1.29, 1.82) is 0 Å². The molecule has 104 valence electrons. The minimum absolute atomic E-state index is 0.142. The number of nitrogens with two attached hydrogens (primary N) is 1. The molecule has 2 N–H and O–H groups in total. The highest BCUT2D eigenvalue weighted by Crippen LogP contribution is 2.41. The van der Waals surface area contributed by atoms with Gasteiger partial charge < -0.3 is 10.5 Å². The van der Waals surface area contributed by atoms with Gasteiger partial charge in [0.2, 0.25) is 0 Å². The Hall–Kier alpha value is -0.580. The van der Waals surface area contributed by atoms with Gasteiger partial charge in [0.15, 0.2) is 0 Å². The van der Waals surface area contributed by atoms with Crippen LogP contribution in [0.25, 0.3) is 0 Å². The van der Waals surface area contributed by atoms with E-state index in [-0.39, 0.29) is 11.6 Å². The highest BCUT2D eigenvalue weighted by molar-refractivity contribution is 7.99. The van der Waals surface area contributed by atoms with E-state index in [0.29, 0.717) is 5.92 Å². The predicted molar refractivity (Wildman–Crippen MR) is 79.3 cm³/mol. The van der Waals surface area contributed by atoms with E-state index in [1.54, 1.807) is 0 Å². The van der Waals surface area contributed by atoms with Crippen molar-refractivity contribution in [2.75, 3.05) is 18.1 Å². The third-order valence-electron chi connectivity index (χ3n) is 4.42. The third kappa shape index (κ3) is 3.12. The molecule has 4 heteroatoms. The Kier molecular flexibility index (Phi) is 4.10. The van der Waals surface area contributed by atoms with E-state index in [9.17, 15) is 0 Å². The molecule has 1 aromatic heterocycles. The summed E-state index contributed by atoms with van der Waals surface area (Å²) in [6.45, 7) is 0.884. The minimum Gasteiger partial charge on any atom is -0.374 e. The molecule has 2 fully saturated rings. The van der Waals surface area contributed by atoms with E-state index < -0.39 is 0 Å². The van der Waals surface area contributed by atoms with E-state index in [1.165, 1.54) is 17.7 Å². The molecule has 3 unspecified atom stereocenters. The van der Waals surface area contributed by atoms with Gasteiger partial charge in [-0.25, -0.2) is 0 Å². The first kappa shape index (κ1) is 13.4. The summed E-state index contributed by atoms with van der Waals surface area (Å²) < 4.78 is 6.07. The predicted octanol–water partition coefficient (Wildman–Crippen LogP) is 2.25. The van der Waals surface area contributed by atoms with Crippen LogP contribution in [0, 0.1) is 5.92 Å². The molecule has 3 atom stereocenters. The molecular weight excluding hydrogens is 256 g/mol. The van der Waals surface area contributed by atoms with Crippen LogP contribution in [0.1, 0.15) is 24.8 Å². The van der Waals surface area contributed by atoms with Gasteiger partial charge in [0.25, 0.3) is 0 Å². The number of aromatic nitrogens is 1. The lowest BCUT2D eigenvalue weighted by Gasteiger charge is -2.40. The third-order valence-corrected chi connectivity index (χ3v) is 5.65. The molecule has 2 saturated heterocycles. The highest BCUT2D eigenvalue weighted by atomic mass is 32.2. The zero-order valence-electron chi connectivity index (χ0n) is 11.3. The van der Waals surface area contributed by atoms with Crippen LogP contribution in [0.4, 0.5) is 0 Å². The van der Waals surface area contributed by atoms with Crippen LogP contribution >= 0.6 is 11.8 Å². The number of hydrogen-bond acceptors (Lipinski definition) is 4. The zero-order chi connectivity index (χ0) is 13.1. The zero-order valence-corrected chi connectivity index (χ0v) is 12.1. The fourth-order valence-electron chi connectivity index (χ4n) is 3.25. The second kappa shape index (κ2) is 5.81. The van der Waals surface area contributed by atoms with Crippen molar-refractivity contribution in [2.45, 2.75) is 37.3 Å². The molecule has 0 amide bonds. The molecule has 3 rings (SSSR count). The summed E-state index contributed by atoms with van der Waals surface area (Å²) in [5, 5.41) is 0. The van der Waals surface area contributed by atoms with Crippen molar-refractivity contribution < 1.29 is 4.74 Å². The van der Waals surface area contributed by atoms with Gasteiger partial charge in [-0.3, -0.25) is 4.98 Å². The van der Waals surface area contributed by atoms with Gasteiger partial charge in [0.1, 0.15) is 0 Å². The molecule has 3 heterocycles. The van der Waals surface area contributed by atoms with Crippen LogP contribution in [-0.2, 0) is 11.2 Å². The maximum atomic E-state index is 6.45. The standard InChI is InChI=1S/C15H22N2OS/c16-14(9-12-1-5-17-6-2-12)13-3-7-18-15(10-13)4-8-19-11-15/h1-2,5-6,13-14H,3-4,7-11,16H2. The van der Waals surface area contributed by atoms with Crippen LogP contribution in [-0.4, -0.2) is 34.7 Å². The van der Waals surface area contributed by atoms with Gasteiger partial charge in [-0.15, -0.1) is 0 Å². The van der Waals surface area contributed by atoms with Gasteiger partial charge in [-0.2, -0.15) is 11.8 Å². The van der Waals surface area contributed by atoms with Crippen molar-refractivity contribution in [3.05, 3.63) is 30.1 Å². The Morgan fingerprint density at radius 3 is 3.05 bits per heavy atom. The maximum absolute atomic E-state index is 6.45. The van der Waals surface area contributed by atoms with Crippen LogP contribution in [0.2, 0.25) is 0 Å². The van der Waals surface area contributed by atoms with E-state index >= 15 is 0 Å². The van der Waals surface area contributed by atoms with Crippen LogP contribution in [0.15, 0.2) is 24.5 Å². The number of nitrogens with zero attached hydrogens (tertiary/aromatic N) is 1. The Labute approximate surface area is 119 Å². The van der Waals surface area contributed by atoms with E-state index in [0.717, 1.165) is 31.6 Å². The second-order valence-corrected chi connectivity index (χ2v) is 6.92. The molecule has 3 nitrogen and oxygen atoms in total. The fraction of sp³-hybridized carbons (Fsp3) is 0.667. The summed E-state index contributed by atoms with van der Waals surface area (Å²) in [7, 11) is 0. The maximum Gasteiger partial charge on any atom is 0.0783 e. The molecule has 19 heavy (non-hydrogen) atoms. The quantitative estimate of drug-likeness (QED) is 0.921. The molecule has 0 aromatic carbocycles. The van der Waals surface area contributed by atoms with Crippen LogP contribution < -0.4 is 5.73 Å². The monoisotopic (exact) mass is 278 g/mol. The van der Waals surface area contributed by atoms with Gasteiger partial charge >= 0.3 is 0 Å². The highest BCUT2D eigenvalue weighted by Gasteiger charge is 2.41. The van der Waals surface area contributed by atoms with E-state index in [1.807, 2.05) is 24.2 Å². The van der Waals surface area contributed by atoms with Crippen molar-refractivity contribution in [3.63, 3.8) is 0 Å². The van der Waals surface area contributed by atoms with Crippen molar-refractivity contribution in [2.24, 2.45) is 11.7 Å². The molecule has 1 spiro atoms. The first-order chi connectivity index (χ1) is 9.27. The molecule has 2 aliphatic heterocycles. The van der Waals surface area contributed by atoms with Gasteiger partial charge in [-0.05, 0) is 55.1 Å². The molecular formula is C15H22N2OS. The second-order valence-electron chi connectivity index (χ2n) is 5.81. The summed E-state index contributed by atoms with van der Waals surface area (Å²) >= 11 is 2.02. The van der Waals surface area contributed by atoms with Gasteiger partial charge in [0.05, 0.1) is 5.60 Å². The Balaban J connectivity index is 1.61. The summed E-state index contributed by atoms with van der Waals surface area (Å²) in [5.41, 5.74) is 7.89. The topological polar surface area (TPSA) is 48.1 Å². The van der Waals surface area contributed by atoms with E-state index in [2.05, 4.69) is 17.1 Å². The SMILES string of the molecule is NC(Cc1ccncc1)C1CCOC2(CCSC2)C1. The summed E-state index contributed by atoms with van der Waals surface area (Å²) in [6, 6.07) is 4.38. The number of pyridine rings is 1. The first-order valence-corrected chi connectivity index (χ1v) is 8.29. The van der Waals surface area contributed by atoms with Crippen LogP contribution in [0.3, 0.4) is 0 Å². The normalized spacial score (nSPS) is 32.6. The van der Waals surface area contributed by atoms with E-state index in [4.69, 9.17) is 10.5 Å². The number of thioether (sulfide) groups is 1. The summed E-state index contributed by atoms with van der Waals surface area (Å²) in [4.78, 5) is 4.06. The molecule has 0 aliphatic carbocycles. The Morgan fingerprint density at radius 1 is 1.47 bits per heavy atom. The lowest BCUT2D eigenvalue weighted by atomic mass is 9.80. The average molecular weight is 278 g/mol. The smallest absolute Gasteiger partial charge is 0.0783 e. The van der Waals surface area contributed by atoms with Gasteiger partial charge in [0, 0.05) is 30.8 Å². The van der Waals surface area contributed by atoms with Crippen molar-refractivity contribution in [1.82, 2.24) is 4.98 Å². The number of rotatable bonds is 3. The summed E-state index contributed by atoms with van der Waals surface area (Å²) in [6.07, 6.45) is 8.11. The lowest BCUT2D eigenvalue weighted by Crippen LogP contribution is -2.46. The Morgan fingerprint density at radius 2 is 2.32 bits per heavy atom. The molecule has 1 aromatic rings. The largest absolute Gasteiger partial charge is 0.374 e. The van der Waals surface area contributed by atoms with Crippen molar-refractivity contribution in [3.8, 4) is 0 Å². The number of hydrogen-bond donors (Lipinski definition) is 1. The summed E-state index contributed by atoms with van der Waals surface area (Å²) in [5.74, 6) is 3.00.